The molecule has 2 aromatic heterocycles. The van der Waals surface area contributed by atoms with Crippen LogP contribution in [0.15, 0.2) is 24.4 Å². The fourth-order valence-corrected chi connectivity index (χ4v) is 2.06. The molecule has 6 heteroatoms. The minimum absolute atomic E-state index is 0.00710. The number of halogens is 2. The number of rotatable bonds is 1. The van der Waals surface area contributed by atoms with Gasteiger partial charge in [-0.15, -0.1) is 0 Å². The van der Waals surface area contributed by atoms with Crippen LogP contribution in [-0.4, -0.2) is 19.9 Å². The second-order valence-electron chi connectivity index (χ2n) is 4.43. The molecule has 1 aromatic carbocycles. The average molecular weight is 289 g/mol. The lowest BCUT2D eigenvalue weighted by Gasteiger charge is -2.06. The summed E-state index contributed by atoms with van der Waals surface area (Å²) in [4.78, 5) is 16.4. The van der Waals surface area contributed by atoms with Crippen molar-refractivity contribution in [3.8, 4) is 11.3 Å². The number of nitrogens with zero attached hydrogens (tertiary/aromatic N) is 4. The van der Waals surface area contributed by atoms with Crippen LogP contribution in [0.3, 0.4) is 0 Å². The Morgan fingerprint density at radius 3 is 2.45 bits per heavy atom. The normalized spacial score (nSPS) is 11.0. The highest BCUT2D eigenvalue weighted by Crippen LogP contribution is 2.24. The summed E-state index contributed by atoms with van der Waals surface area (Å²) in [5, 5.41) is 0.00710. The van der Waals surface area contributed by atoms with Crippen molar-refractivity contribution in [2.45, 2.75) is 13.8 Å². The molecule has 0 saturated heterocycles. The third-order valence-corrected chi connectivity index (χ3v) is 3.25. The molecule has 20 heavy (non-hydrogen) atoms. The standard InChI is InChI=1S/C14H10ClFN4/c1-7-8(2)19-12-5-9(3-4-11(12)18-7)13-10(16)6-17-14(15)20-13/h3-6H,1-2H3. The van der Waals surface area contributed by atoms with Gasteiger partial charge in [-0.2, -0.15) is 0 Å². The maximum atomic E-state index is 13.8. The van der Waals surface area contributed by atoms with Gasteiger partial charge in [0.05, 0.1) is 28.6 Å². The minimum atomic E-state index is -0.523. The summed E-state index contributed by atoms with van der Waals surface area (Å²) >= 11 is 5.71. The lowest BCUT2D eigenvalue weighted by Crippen LogP contribution is -1.96. The molecule has 0 radical (unpaired) electrons. The molecule has 100 valence electrons. The molecule has 3 aromatic rings. The van der Waals surface area contributed by atoms with E-state index in [-0.39, 0.29) is 11.0 Å². The molecule has 0 aliphatic rings. The number of aryl methyl sites for hydroxylation is 2. The second-order valence-corrected chi connectivity index (χ2v) is 4.77. The fourth-order valence-electron chi connectivity index (χ4n) is 1.93. The van der Waals surface area contributed by atoms with E-state index in [1.54, 1.807) is 18.2 Å². The van der Waals surface area contributed by atoms with E-state index >= 15 is 0 Å². The van der Waals surface area contributed by atoms with E-state index in [1.165, 1.54) is 0 Å². The monoisotopic (exact) mass is 288 g/mol. The molecule has 0 aliphatic heterocycles. The number of benzene rings is 1. The molecule has 3 rings (SSSR count). The Morgan fingerprint density at radius 1 is 1.00 bits per heavy atom. The average Bonchev–Trinajstić information content (AvgIpc) is 2.42. The third-order valence-electron chi connectivity index (χ3n) is 3.06. The molecule has 0 unspecified atom stereocenters. The number of aromatic nitrogens is 4. The molecular weight excluding hydrogens is 279 g/mol. The van der Waals surface area contributed by atoms with E-state index in [0.717, 1.165) is 23.1 Å². The predicted molar refractivity (Wildman–Crippen MR) is 75.0 cm³/mol. The molecule has 0 N–H and O–H groups in total. The number of hydrogen-bond acceptors (Lipinski definition) is 4. The Kier molecular flexibility index (Phi) is 3.06. The third kappa shape index (κ3) is 2.20. The maximum Gasteiger partial charge on any atom is 0.223 e. The Morgan fingerprint density at radius 2 is 1.70 bits per heavy atom. The van der Waals surface area contributed by atoms with Crippen LogP contribution in [0.1, 0.15) is 11.4 Å². The van der Waals surface area contributed by atoms with Crippen LogP contribution in [0.25, 0.3) is 22.3 Å². The highest BCUT2D eigenvalue weighted by Gasteiger charge is 2.10. The largest absolute Gasteiger partial charge is 0.250 e. The predicted octanol–water partition coefficient (Wildman–Crippen LogP) is 3.50. The zero-order valence-electron chi connectivity index (χ0n) is 10.9. The van der Waals surface area contributed by atoms with E-state index in [0.29, 0.717) is 11.1 Å². The zero-order chi connectivity index (χ0) is 14.3. The zero-order valence-corrected chi connectivity index (χ0v) is 11.6. The molecule has 0 atom stereocenters. The smallest absolute Gasteiger partial charge is 0.223 e. The summed E-state index contributed by atoms with van der Waals surface area (Å²) in [5.74, 6) is -0.523. The first-order valence-electron chi connectivity index (χ1n) is 5.98. The van der Waals surface area contributed by atoms with Gasteiger partial charge in [0.2, 0.25) is 5.28 Å². The minimum Gasteiger partial charge on any atom is -0.250 e. The van der Waals surface area contributed by atoms with E-state index in [9.17, 15) is 4.39 Å². The lowest BCUT2D eigenvalue weighted by molar-refractivity contribution is 0.618. The van der Waals surface area contributed by atoms with Gasteiger partial charge >= 0.3 is 0 Å². The van der Waals surface area contributed by atoms with Crippen molar-refractivity contribution in [3.63, 3.8) is 0 Å². The second kappa shape index (κ2) is 4.76. The maximum absolute atomic E-state index is 13.8. The van der Waals surface area contributed by atoms with E-state index in [4.69, 9.17) is 11.6 Å². The van der Waals surface area contributed by atoms with E-state index < -0.39 is 5.82 Å². The molecule has 0 fully saturated rings. The molecule has 0 aliphatic carbocycles. The summed E-state index contributed by atoms with van der Waals surface area (Å²) in [5.41, 5.74) is 3.93. The quantitative estimate of drug-likeness (QED) is 0.643. The first-order valence-corrected chi connectivity index (χ1v) is 6.36. The van der Waals surface area contributed by atoms with E-state index in [2.05, 4.69) is 19.9 Å². The van der Waals surface area contributed by atoms with Gasteiger partial charge in [0, 0.05) is 5.56 Å². The van der Waals surface area contributed by atoms with Gasteiger partial charge in [0.15, 0.2) is 5.82 Å². The van der Waals surface area contributed by atoms with Crippen LogP contribution < -0.4 is 0 Å². The Hall–Kier alpha value is -2.14. The topological polar surface area (TPSA) is 51.6 Å². The van der Waals surface area contributed by atoms with Crippen LogP contribution in [0.4, 0.5) is 4.39 Å². The van der Waals surface area contributed by atoms with Crippen molar-refractivity contribution >= 4 is 22.6 Å². The van der Waals surface area contributed by atoms with Gasteiger partial charge in [-0.3, -0.25) is 0 Å². The fraction of sp³-hybridized carbons (Fsp3) is 0.143. The van der Waals surface area contributed by atoms with Gasteiger partial charge < -0.3 is 0 Å². The van der Waals surface area contributed by atoms with Gasteiger partial charge in [-0.05, 0) is 37.6 Å². The summed E-state index contributed by atoms with van der Waals surface area (Å²) in [7, 11) is 0. The molecule has 0 spiro atoms. The van der Waals surface area contributed by atoms with Crippen LogP contribution in [0.2, 0.25) is 5.28 Å². The highest BCUT2D eigenvalue weighted by atomic mass is 35.5. The number of hydrogen-bond donors (Lipinski definition) is 0. The Labute approximate surface area is 119 Å². The van der Waals surface area contributed by atoms with Crippen LogP contribution in [0, 0.1) is 19.7 Å². The van der Waals surface area contributed by atoms with Gasteiger partial charge in [-0.25, -0.2) is 24.3 Å². The highest BCUT2D eigenvalue weighted by molar-refractivity contribution is 6.28. The van der Waals surface area contributed by atoms with Crippen LogP contribution in [-0.2, 0) is 0 Å². The molecule has 4 nitrogen and oxygen atoms in total. The van der Waals surface area contributed by atoms with Gasteiger partial charge in [0.25, 0.3) is 0 Å². The number of fused-ring (bicyclic) bond motifs is 1. The van der Waals surface area contributed by atoms with Crippen molar-refractivity contribution in [1.29, 1.82) is 0 Å². The molecule has 0 saturated carbocycles. The van der Waals surface area contributed by atoms with Crippen LogP contribution in [0.5, 0.6) is 0 Å². The van der Waals surface area contributed by atoms with Gasteiger partial charge in [-0.1, -0.05) is 6.07 Å². The summed E-state index contributed by atoms with van der Waals surface area (Å²) in [6, 6.07) is 5.28. The van der Waals surface area contributed by atoms with Crippen molar-refractivity contribution in [2.24, 2.45) is 0 Å². The molecule has 2 heterocycles. The first kappa shape index (κ1) is 12.9. The van der Waals surface area contributed by atoms with Crippen LogP contribution >= 0.6 is 11.6 Å². The summed E-state index contributed by atoms with van der Waals surface area (Å²) in [6.07, 6.45) is 1.06. The first-order chi connectivity index (χ1) is 9.54. The van der Waals surface area contributed by atoms with Crippen molar-refractivity contribution in [1.82, 2.24) is 19.9 Å². The lowest BCUT2D eigenvalue weighted by atomic mass is 10.1. The SMILES string of the molecule is Cc1nc2ccc(-c3nc(Cl)ncc3F)cc2nc1C. The summed E-state index contributed by atoms with van der Waals surface area (Å²) in [6.45, 7) is 3.79. The van der Waals surface area contributed by atoms with Crippen molar-refractivity contribution in [3.05, 3.63) is 46.9 Å². The van der Waals surface area contributed by atoms with E-state index in [1.807, 2.05) is 13.8 Å². The molecular formula is C14H10ClFN4. The Balaban J connectivity index is 2.22. The van der Waals surface area contributed by atoms with Crippen molar-refractivity contribution in [2.75, 3.05) is 0 Å². The molecule has 0 amide bonds. The summed E-state index contributed by atoms with van der Waals surface area (Å²) < 4.78 is 13.8. The van der Waals surface area contributed by atoms with Crippen molar-refractivity contribution < 1.29 is 4.39 Å². The Bertz CT molecular complexity index is 820. The van der Waals surface area contributed by atoms with Gasteiger partial charge in [0.1, 0.15) is 5.69 Å². The molecule has 0 bridgehead atoms.